The van der Waals surface area contributed by atoms with Crippen LogP contribution in [0.3, 0.4) is 0 Å². The van der Waals surface area contributed by atoms with Crippen molar-refractivity contribution in [3.8, 4) is 0 Å². The van der Waals surface area contributed by atoms with E-state index in [2.05, 4.69) is 0 Å². The highest BCUT2D eigenvalue weighted by Gasteiger charge is 2.27. The predicted molar refractivity (Wildman–Crippen MR) is 45.0 cm³/mol. The van der Waals surface area contributed by atoms with Crippen molar-refractivity contribution in [2.24, 2.45) is 0 Å². The van der Waals surface area contributed by atoms with Gasteiger partial charge in [-0.25, -0.2) is 4.79 Å². The Hall–Kier alpha value is -0.830. The molecular weight excluding hydrogens is 156 g/mol. The smallest absolute Gasteiger partial charge is 0.331 e. The molecule has 0 radical (unpaired) electrons. The van der Waals surface area contributed by atoms with Gasteiger partial charge in [0.05, 0.1) is 5.60 Å². The molecule has 12 heavy (non-hydrogen) atoms. The van der Waals surface area contributed by atoms with Crippen LogP contribution in [0.1, 0.15) is 26.7 Å². The highest BCUT2D eigenvalue weighted by atomic mass is 16.5. The van der Waals surface area contributed by atoms with Crippen LogP contribution in [-0.4, -0.2) is 23.3 Å². The first kappa shape index (κ1) is 9.26. The summed E-state index contributed by atoms with van der Waals surface area (Å²) < 4.78 is 5.42. The second-order valence-electron chi connectivity index (χ2n) is 3.40. The van der Waals surface area contributed by atoms with Gasteiger partial charge in [0, 0.05) is 12.2 Å². The molecule has 1 atom stereocenters. The lowest BCUT2D eigenvalue weighted by molar-refractivity contribution is -0.132. The maximum Gasteiger partial charge on any atom is 0.331 e. The summed E-state index contributed by atoms with van der Waals surface area (Å²) in [7, 11) is 0. The minimum Gasteiger partial charge on any atom is -0.478 e. The molecule has 1 heterocycles. The summed E-state index contributed by atoms with van der Waals surface area (Å²) in [5.41, 5.74) is 0.0158. The van der Waals surface area contributed by atoms with Crippen LogP contribution in [0.2, 0.25) is 0 Å². The number of hydrogen-bond donors (Lipinski definition) is 1. The van der Waals surface area contributed by atoms with Gasteiger partial charge < -0.3 is 9.84 Å². The molecule has 0 aromatic rings. The van der Waals surface area contributed by atoms with E-state index in [1.807, 2.05) is 6.92 Å². The Morgan fingerprint density at radius 2 is 2.33 bits per heavy atom. The number of carbonyl (C=O) groups is 1. The normalized spacial score (nSPS) is 30.7. The molecule has 0 aromatic heterocycles. The maximum atomic E-state index is 10.5. The zero-order chi connectivity index (χ0) is 9.19. The second-order valence-corrected chi connectivity index (χ2v) is 3.40. The van der Waals surface area contributed by atoms with Gasteiger partial charge in [-0.05, 0) is 32.8 Å². The molecule has 1 rings (SSSR count). The molecule has 1 unspecified atom stereocenters. The number of rotatable bonds is 2. The highest BCUT2D eigenvalue weighted by molar-refractivity contribution is 5.86. The molecule has 1 fully saturated rings. The Morgan fingerprint density at radius 1 is 1.67 bits per heavy atom. The van der Waals surface area contributed by atoms with Crippen molar-refractivity contribution in [2.45, 2.75) is 32.3 Å². The monoisotopic (exact) mass is 170 g/mol. The largest absolute Gasteiger partial charge is 0.478 e. The Kier molecular flexibility index (Phi) is 2.52. The second kappa shape index (κ2) is 3.27. The quantitative estimate of drug-likeness (QED) is 0.640. The minimum absolute atomic E-state index is 0.345. The summed E-state index contributed by atoms with van der Waals surface area (Å²) in [6.07, 6.45) is 3.62. The van der Waals surface area contributed by atoms with Crippen LogP contribution in [0.25, 0.3) is 0 Å². The molecule has 0 aliphatic carbocycles. The van der Waals surface area contributed by atoms with Crippen molar-refractivity contribution in [3.63, 3.8) is 0 Å². The summed E-state index contributed by atoms with van der Waals surface area (Å²) in [5.74, 6) is -0.869. The first-order valence-corrected chi connectivity index (χ1v) is 4.10. The maximum absolute atomic E-state index is 10.5. The lowest BCUT2D eigenvalue weighted by Gasteiger charge is -2.18. The molecule has 0 saturated carbocycles. The summed E-state index contributed by atoms with van der Waals surface area (Å²) in [5, 5.41) is 8.63. The van der Waals surface area contributed by atoms with Crippen molar-refractivity contribution in [1.82, 2.24) is 0 Å². The number of carboxylic acids is 1. The van der Waals surface area contributed by atoms with E-state index in [1.165, 1.54) is 0 Å². The molecule has 0 aromatic carbocycles. The molecular formula is C9H14O3. The van der Waals surface area contributed by atoms with Crippen molar-refractivity contribution in [3.05, 3.63) is 11.6 Å². The van der Waals surface area contributed by atoms with Gasteiger partial charge in [0.2, 0.25) is 0 Å². The molecule has 68 valence electrons. The minimum atomic E-state index is -0.869. The fourth-order valence-corrected chi connectivity index (χ4v) is 1.43. The first-order valence-electron chi connectivity index (χ1n) is 4.10. The summed E-state index contributed by atoms with van der Waals surface area (Å²) in [6, 6.07) is 0. The van der Waals surface area contributed by atoms with Crippen LogP contribution < -0.4 is 0 Å². The van der Waals surface area contributed by atoms with Crippen LogP contribution in [0.5, 0.6) is 0 Å². The third kappa shape index (κ3) is 2.08. The van der Waals surface area contributed by atoms with Gasteiger partial charge in [-0.1, -0.05) is 0 Å². The topological polar surface area (TPSA) is 46.5 Å². The van der Waals surface area contributed by atoms with Gasteiger partial charge in [-0.2, -0.15) is 0 Å². The molecule has 0 amide bonds. The van der Waals surface area contributed by atoms with E-state index < -0.39 is 5.97 Å². The van der Waals surface area contributed by atoms with Crippen molar-refractivity contribution in [1.29, 1.82) is 0 Å². The van der Waals surface area contributed by atoms with Gasteiger partial charge >= 0.3 is 5.97 Å². The van der Waals surface area contributed by atoms with Crippen LogP contribution in [0, 0.1) is 0 Å². The van der Waals surface area contributed by atoms with E-state index >= 15 is 0 Å². The van der Waals surface area contributed by atoms with E-state index in [1.54, 1.807) is 13.0 Å². The number of hydrogen-bond acceptors (Lipinski definition) is 2. The van der Waals surface area contributed by atoms with E-state index in [9.17, 15) is 4.79 Å². The van der Waals surface area contributed by atoms with E-state index in [0.29, 0.717) is 5.57 Å². The van der Waals surface area contributed by atoms with Crippen molar-refractivity contribution < 1.29 is 14.6 Å². The van der Waals surface area contributed by atoms with E-state index in [4.69, 9.17) is 9.84 Å². The van der Waals surface area contributed by atoms with Gasteiger partial charge in [-0.15, -0.1) is 0 Å². The molecule has 1 N–H and O–H groups in total. The van der Waals surface area contributed by atoms with Crippen LogP contribution >= 0.6 is 0 Å². The van der Waals surface area contributed by atoms with Gasteiger partial charge in [0.15, 0.2) is 0 Å². The number of ether oxygens (including phenoxy) is 1. The number of carboxylic acid groups (broad SMARTS) is 1. The third-order valence-corrected chi connectivity index (χ3v) is 2.11. The molecule has 1 aliphatic rings. The molecule has 0 bridgehead atoms. The van der Waals surface area contributed by atoms with Crippen LogP contribution in [-0.2, 0) is 9.53 Å². The zero-order valence-electron chi connectivity index (χ0n) is 7.46. The molecule has 3 nitrogen and oxygen atoms in total. The summed E-state index contributed by atoms with van der Waals surface area (Å²) >= 11 is 0. The molecule has 1 saturated heterocycles. The first-order chi connectivity index (χ1) is 5.53. The van der Waals surface area contributed by atoms with Crippen molar-refractivity contribution in [2.75, 3.05) is 6.61 Å². The fourth-order valence-electron chi connectivity index (χ4n) is 1.43. The molecule has 1 aliphatic heterocycles. The van der Waals surface area contributed by atoms with Gasteiger partial charge in [-0.3, -0.25) is 0 Å². The summed E-state index contributed by atoms with van der Waals surface area (Å²) in [4.78, 5) is 10.5. The average Bonchev–Trinajstić information content (AvgIpc) is 2.35. The molecule has 3 heteroatoms. The van der Waals surface area contributed by atoms with Gasteiger partial charge in [0.25, 0.3) is 0 Å². The predicted octanol–water partition coefficient (Wildman–Crippen LogP) is 1.59. The van der Waals surface area contributed by atoms with E-state index in [0.717, 1.165) is 19.4 Å². The third-order valence-electron chi connectivity index (χ3n) is 2.11. The van der Waals surface area contributed by atoms with Gasteiger partial charge in [0.1, 0.15) is 0 Å². The molecule has 0 spiro atoms. The van der Waals surface area contributed by atoms with E-state index in [-0.39, 0.29) is 5.60 Å². The summed E-state index contributed by atoms with van der Waals surface area (Å²) in [6.45, 7) is 4.25. The fraction of sp³-hybridized carbons (Fsp3) is 0.667. The zero-order valence-corrected chi connectivity index (χ0v) is 7.46. The Labute approximate surface area is 72.0 Å². The van der Waals surface area contributed by atoms with Crippen LogP contribution in [0.15, 0.2) is 11.6 Å². The van der Waals surface area contributed by atoms with Crippen LogP contribution in [0.4, 0.5) is 0 Å². The Balaban J connectivity index is 2.70. The highest BCUT2D eigenvalue weighted by Crippen LogP contribution is 2.27. The van der Waals surface area contributed by atoms with Crippen molar-refractivity contribution >= 4 is 5.97 Å². The lowest BCUT2D eigenvalue weighted by atomic mass is 10.00. The average molecular weight is 170 g/mol. The Bertz CT molecular complexity index is 212. The standard InChI is InChI=1S/C9H14O3/c1-7(8(10)11)6-9(2)4-3-5-12-9/h6H,3-5H2,1-2H3,(H,10,11)/b7-6+. The SMILES string of the molecule is C/C(=C\C1(C)CCCO1)C(=O)O. The lowest BCUT2D eigenvalue weighted by Crippen LogP contribution is -2.20. The Morgan fingerprint density at radius 3 is 2.75 bits per heavy atom. The number of aliphatic carboxylic acids is 1.